The summed E-state index contributed by atoms with van der Waals surface area (Å²) in [5.74, 6) is -0.170. The molecule has 1 aromatic carbocycles. The third-order valence-corrected chi connectivity index (χ3v) is 2.24. The molecule has 0 heterocycles. The summed E-state index contributed by atoms with van der Waals surface area (Å²) in [6.45, 7) is 1.22. The van der Waals surface area contributed by atoms with Crippen molar-refractivity contribution in [3.63, 3.8) is 0 Å². The van der Waals surface area contributed by atoms with Crippen molar-refractivity contribution in [2.24, 2.45) is 0 Å². The molecular weight excluding hydrogens is 270 g/mol. The molecule has 0 bridgehead atoms. The van der Waals surface area contributed by atoms with Crippen LogP contribution in [0.15, 0.2) is 30.3 Å². The van der Waals surface area contributed by atoms with Crippen LogP contribution in [0.1, 0.15) is 5.56 Å². The van der Waals surface area contributed by atoms with Gasteiger partial charge in [-0.1, -0.05) is 30.3 Å². The monoisotopic (exact) mass is 287 g/mol. The molecule has 4 heteroatoms. The summed E-state index contributed by atoms with van der Waals surface area (Å²) in [6, 6.07) is 10.1. The molecule has 0 fully saturated rings. The highest BCUT2D eigenvalue weighted by molar-refractivity contribution is 5.70. The molecule has 3 nitrogen and oxygen atoms in total. The van der Waals surface area contributed by atoms with Crippen LogP contribution in [0.4, 0.5) is 0 Å². The number of halogens is 1. The number of quaternary nitrogens is 1. The van der Waals surface area contributed by atoms with E-state index in [-0.39, 0.29) is 23.0 Å². The second-order valence-corrected chi connectivity index (χ2v) is 4.31. The SMILES string of the molecule is COC(=O)C[N+](C)(C)Cc1ccccc1.[Br-]. The number of hydrogen-bond donors (Lipinski definition) is 0. The molecule has 0 saturated heterocycles. The average Bonchev–Trinajstić information content (AvgIpc) is 2.17. The Morgan fingerprint density at radius 1 is 1.25 bits per heavy atom. The van der Waals surface area contributed by atoms with E-state index < -0.39 is 0 Å². The Labute approximate surface area is 107 Å². The molecule has 0 saturated carbocycles. The zero-order valence-electron chi connectivity index (χ0n) is 9.94. The van der Waals surface area contributed by atoms with Gasteiger partial charge in [-0.3, -0.25) is 0 Å². The fourth-order valence-electron chi connectivity index (χ4n) is 1.55. The maximum atomic E-state index is 11.2. The Bertz CT molecular complexity index is 325. The molecule has 0 atom stereocenters. The van der Waals surface area contributed by atoms with Crippen molar-refractivity contribution < 1.29 is 31.0 Å². The number of methoxy groups -OCH3 is 1. The van der Waals surface area contributed by atoms with Crippen molar-refractivity contribution in [1.82, 2.24) is 0 Å². The molecule has 0 aliphatic carbocycles. The van der Waals surface area contributed by atoms with Crippen LogP contribution in [-0.4, -0.2) is 38.2 Å². The van der Waals surface area contributed by atoms with E-state index in [1.165, 1.54) is 12.7 Å². The smallest absolute Gasteiger partial charge is 0.361 e. The van der Waals surface area contributed by atoms with E-state index in [1.807, 2.05) is 32.3 Å². The summed E-state index contributed by atoms with van der Waals surface area (Å²) in [5, 5.41) is 0. The van der Waals surface area contributed by atoms with Gasteiger partial charge in [-0.25, -0.2) is 4.79 Å². The van der Waals surface area contributed by atoms with E-state index in [1.54, 1.807) is 0 Å². The minimum atomic E-state index is -0.170. The highest BCUT2D eigenvalue weighted by atomic mass is 79.9. The third-order valence-electron chi connectivity index (χ3n) is 2.24. The first-order valence-electron chi connectivity index (χ1n) is 4.96. The largest absolute Gasteiger partial charge is 1.00 e. The highest BCUT2D eigenvalue weighted by Crippen LogP contribution is 2.08. The van der Waals surface area contributed by atoms with E-state index in [2.05, 4.69) is 16.9 Å². The standard InChI is InChI=1S/C12H18NO2.BrH/c1-13(2,10-12(14)15-3)9-11-7-5-4-6-8-11;/h4-8H,9-10H2,1-3H3;1H/q+1;/p-1. The molecule has 0 unspecified atom stereocenters. The molecule has 0 radical (unpaired) electrons. The molecule has 1 aromatic rings. The predicted molar refractivity (Wildman–Crippen MR) is 59.1 cm³/mol. The van der Waals surface area contributed by atoms with Gasteiger partial charge in [0.15, 0.2) is 6.54 Å². The minimum Gasteiger partial charge on any atom is -1.00 e. The van der Waals surface area contributed by atoms with Crippen LogP contribution >= 0.6 is 0 Å². The van der Waals surface area contributed by atoms with Gasteiger partial charge in [0.2, 0.25) is 0 Å². The van der Waals surface area contributed by atoms with E-state index in [0.29, 0.717) is 11.0 Å². The van der Waals surface area contributed by atoms with Crippen molar-refractivity contribution in [2.45, 2.75) is 6.54 Å². The number of esters is 1. The summed E-state index contributed by atoms with van der Waals surface area (Å²) in [7, 11) is 5.46. The number of likely N-dealkylation sites (N-methyl/N-ethyl adjacent to an activating group) is 1. The second kappa shape index (κ2) is 6.66. The number of carbonyl (C=O) groups is 1. The van der Waals surface area contributed by atoms with Gasteiger partial charge in [0, 0.05) is 5.56 Å². The lowest BCUT2D eigenvalue weighted by Crippen LogP contribution is -3.00. The second-order valence-electron chi connectivity index (χ2n) is 4.31. The number of rotatable bonds is 4. The quantitative estimate of drug-likeness (QED) is 0.495. The number of ether oxygens (including phenoxy) is 1. The Balaban J connectivity index is 0.00000225. The zero-order valence-corrected chi connectivity index (χ0v) is 11.5. The van der Waals surface area contributed by atoms with Gasteiger partial charge in [-0.15, -0.1) is 0 Å². The number of carbonyl (C=O) groups excluding carboxylic acids is 1. The van der Waals surface area contributed by atoms with E-state index in [4.69, 9.17) is 0 Å². The van der Waals surface area contributed by atoms with Crippen LogP contribution in [0.5, 0.6) is 0 Å². The molecule has 0 aliphatic heterocycles. The van der Waals surface area contributed by atoms with Crippen LogP contribution < -0.4 is 17.0 Å². The Morgan fingerprint density at radius 3 is 2.31 bits per heavy atom. The van der Waals surface area contributed by atoms with Gasteiger partial charge in [0.25, 0.3) is 0 Å². The van der Waals surface area contributed by atoms with Gasteiger partial charge < -0.3 is 26.2 Å². The average molecular weight is 288 g/mol. The molecule has 1 rings (SSSR count). The van der Waals surface area contributed by atoms with Crippen LogP contribution in [0, 0.1) is 0 Å². The summed E-state index contributed by atoms with van der Waals surface area (Å²) in [4.78, 5) is 11.2. The van der Waals surface area contributed by atoms with E-state index >= 15 is 0 Å². The fourth-order valence-corrected chi connectivity index (χ4v) is 1.55. The Morgan fingerprint density at radius 2 is 1.81 bits per heavy atom. The van der Waals surface area contributed by atoms with E-state index in [0.717, 1.165) is 6.54 Å². The minimum absolute atomic E-state index is 0. The van der Waals surface area contributed by atoms with Crippen LogP contribution in [0.3, 0.4) is 0 Å². The molecule has 90 valence electrons. The van der Waals surface area contributed by atoms with Gasteiger partial charge >= 0.3 is 5.97 Å². The first-order chi connectivity index (χ1) is 7.03. The number of hydrogen-bond acceptors (Lipinski definition) is 2. The van der Waals surface area contributed by atoms with Crippen molar-refractivity contribution >= 4 is 5.97 Å². The van der Waals surface area contributed by atoms with Crippen molar-refractivity contribution in [1.29, 1.82) is 0 Å². The molecule has 16 heavy (non-hydrogen) atoms. The van der Waals surface area contributed by atoms with Crippen LogP contribution in [0.25, 0.3) is 0 Å². The normalized spacial score (nSPS) is 10.4. The maximum Gasteiger partial charge on any atom is 0.361 e. The number of benzene rings is 1. The lowest BCUT2D eigenvalue weighted by atomic mass is 10.2. The Hall–Kier alpha value is -0.870. The van der Waals surface area contributed by atoms with Crippen molar-refractivity contribution in [3.05, 3.63) is 35.9 Å². The predicted octanol–water partition coefficient (Wildman–Crippen LogP) is -1.56. The molecule has 0 spiro atoms. The topological polar surface area (TPSA) is 26.3 Å². The van der Waals surface area contributed by atoms with Crippen LogP contribution in [0.2, 0.25) is 0 Å². The summed E-state index contributed by atoms with van der Waals surface area (Å²) < 4.78 is 5.28. The number of nitrogens with zero attached hydrogens (tertiary/aromatic N) is 1. The Kier molecular flexibility index (Phi) is 6.29. The van der Waals surface area contributed by atoms with Crippen molar-refractivity contribution in [3.8, 4) is 0 Å². The van der Waals surface area contributed by atoms with Crippen LogP contribution in [-0.2, 0) is 16.1 Å². The molecular formula is C12H18BrNO2. The fraction of sp³-hybridized carbons (Fsp3) is 0.417. The molecule has 0 aromatic heterocycles. The van der Waals surface area contributed by atoms with E-state index in [9.17, 15) is 4.79 Å². The highest BCUT2D eigenvalue weighted by Gasteiger charge is 2.20. The lowest BCUT2D eigenvalue weighted by molar-refractivity contribution is -0.896. The zero-order chi connectivity index (χ0) is 11.3. The lowest BCUT2D eigenvalue weighted by Gasteiger charge is -2.28. The molecule has 0 aliphatic rings. The molecule has 0 N–H and O–H groups in total. The summed E-state index contributed by atoms with van der Waals surface area (Å²) in [5.41, 5.74) is 1.23. The third kappa shape index (κ3) is 5.28. The maximum absolute atomic E-state index is 11.2. The van der Waals surface area contributed by atoms with Gasteiger partial charge in [-0.05, 0) is 0 Å². The summed E-state index contributed by atoms with van der Waals surface area (Å²) in [6.07, 6.45) is 0. The van der Waals surface area contributed by atoms with Gasteiger partial charge in [0.05, 0.1) is 21.2 Å². The molecule has 0 amide bonds. The summed E-state index contributed by atoms with van der Waals surface area (Å²) >= 11 is 0. The van der Waals surface area contributed by atoms with Crippen molar-refractivity contribution in [2.75, 3.05) is 27.7 Å². The van der Waals surface area contributed by atoms with Gasteiger partial charge in [0.1, 0.15) is 6.54 Å². The first kappa shape index (κ1) is 15.1. The van der Waals surface area contributed by atoms with Gasteiger partial charge in [-0.2, -0.15) is 0 Å². The first-order valence-corrected chi connectivity index (χ1v) is 4.96.